The van der Waals surface area contributed by atoms with Crippen LogP contribution in [0.25, 0.3) is 11.1 Å². The number of aromatic nitrogens is 1. The minimum atomic E-state index is -1.41. The van der Waals surface area contributed by atoms with Gasteiger partial charge < -0.3 is 15.2 Å². The number of carbonyl (C=O) groups excluding carboxylic acids is 1. The van der Waals surface area contributed by atoms with Gasteiger partial charge in [0.2, 0.25) is 5.54 Å². The van der Waals surface area contributed by atoms with Crippen LogP contribution in [-0.2, 0) is 15.1 Å². The standard InChI is InChI=1S/C20H18ClFN4O3/c1-26-18(27)20(25-19(26)23)13-6-12(10-5-11(21)9-24-8-10)14(22)7-16(13)29-15-3-2-4-28-17(15)20/h5-9,15,17H,2-4H2,1H3,(H2,23,25)/t15?,17-,20-/m0/s1. The second kappa shape index (κ2) is 6.40. The Hall–Kier alpha value is -2.71. The average molecular weight is 417 g/mol. The van der Waals surface area contributed by atoms with Crippen molar-refractivity contribution >= 4 is 23.5 Å². The van der Waals surface area contributed by atoms with Gasteiger partial charge in [-0.25, -0.2) is 9.38 Å². The molecule has 2 aromatic rings. The second-order valence-electron chi connectivity index (χ2n) is 7.41. The molecule has 1 fully saturated rings. The van der Waals surface area contributed by atoms with Crippen molar-refractivity contribution in [1.82, 2.24) is 9.88 Å². The molecule has 1 unspecified atom stereocenters. The average Bonchev–Trinajstić information content (AvgIpc) is 2.93. The number of halogens is 2. The normalized spacial score (nSPS) is 28.0. The van der Waals surface area contributed by atoms with Crippen LogP contribution in [0.5, 0.6) is 5.75 Å². The fourth-order valence-electron chi connectivity index (χ4n) is 4.33. The lowest BCUT2D eigenvalue weighted by Crippen LogP contribution is -2.59. The summed E-state index contributed by atoms with van der Waals surface area (Å²) in [5, 5.41) is 0.375. The van der Waals surface area contributed by atoms with E-state index < -0.39 is 23.6 Å². The summed E-state index contributed by atoms with van der Waals surface area (Å²) < 4.78 is 27.0. The summed E-state index contributed by atoms with van der Waals surface area (Å²) in [6.45, 7) is 0.486. The number of likely N-dealkylation sites (N-methyl/N-ethyl adjacent to an activating group) is 1. The Labute approximate surface area is 171 Å². The van der Waals surface area contributed by atoms with E-state index in [0.717, 1.165) is 6.42 Å². The highest BCUT2D eigenvalue weighted by atomic mass is 35.5. The van der Waals surface area contributed by atoms with Crippen LogP contribution in [-0.4, -0.2) is 47.6 Å². The number of aliphatic imine (C=N–C) groups is 1. The van der Waals surface area contributed by atoms with E-state index in [1.54, 1.807) is 19.2 Å². The monoisotopic (exact) mass is 416 g/mol. The topological polar surface area (TPSA) is 90.0 Å². The molecule has 4 heterocycles. The molecule has 1 aromatic heterocycles. The molecule has 3 aliphatic heterocycles. The first-order valence-electron chi connectivity index (χ1n) is 9.28. The number of carbonyl (C=O) groups is 1. The van der Waals surface area contributed by atoms with Crippen LogP contribution < -0.4 is 10.5 Å². The van der Waals surface area contributed by atoms with Gasteiger partial charge in [0.1, 0.15) is 23.8 Å². The smallest absolute Gasteiger partial charge is 0.264 e. The van der Waals surface area contributed by atoms with E-state index >= 15 is 4.39 Å². The van der Waals surface area contributed by atoms with Gasteiger partial charge >= 0.3 is 0 Å². The SMILES string of the molecule is CN1C(=O)[C@]2(N=C1N)c1cc(-c3cncc(Cl)c3)c(F)cc1OC1CCCO[C@@H]12. The lowest BCUT2D eigenvalue weighted by atomic mass is 9.76. The fourth-order valence-corrected chi connectivity index (χ4v) is 4.51. The van der Waals surface area contributed by atoms with Gasteiger partial charge in [0, 0.05) is 48.8 Å². The number of nitrogens with two attached hydrogens (primary N) is 1. The molecule has 29 heavy (non-hydrogen) atoms. The van der Waals surface area contributed by atoms with Crippen molar-refractivity contribution in [3.05, 3.63) is 47.0 Å². The van der Waals surface area contributed by atoms with E-state index in [4.69, 9.17) is 26.8 Å². The Morgan fingerprint density at radius 1 is 1.34 bits per heavy atom. The van der Waals surface area contributed by atoms with Gasteiger partial charge in [-0.1, -0.05) is 11.6 Å². The molecule has 150 valence electrons. The molecule has 0 bridgehead atoms. The van der Waals surface area contributed by atoms with Crippen molar-refractivity contribution < 1.29 is 18.7 Å². The number of benzene rings is 1. The van der Waals surface area contributed by atoms with Gasteiger partial charge in [-0.2, -0.15) is 0 Å². The molecular formula is C20H18ClFN4O3. The number of nitrogens with zero attached hydrogens (tertiary/aromatic N) is 3. The Kier molecular flexibility index (Phi) is 4.04. The highest BCUT2D eigenvalue weighted by molar-refractivity contribution is 6.30. The van der Waals surface area contributed by atoms with Crippen LogP contribution in [0, 0.1) is 5.82 Å². The van der Waals surface area contributed by atoms with Crippen molar-refractivity contribution in [1.29, 1.82) is 0 Å². The lowest BCUT2D eigenvalue weighted by molar-refractivity contribution is -0.151. The number of rotatable bonds is 1. The van der Waals surface area contributed by atoms with E-state index in [1.807, 2.05) is 0 Å². The maximum atomic E-state index is 15.0. The Morgan fingerprint density at radius 3 is 2.90 bits per heavy atom. The van der Waals surface area contributed by atoms with Gasteiger partial charge in [0.25, 0.3) is 5.91 Å². The van der Waals surface area contributed by atoms with Crippen LogP contribution in [0.15, 0.2) is 35.6 Å². The number of hydrogen-bond acceptors (Lipinski definition) is 6. The first-order valence-corrected chi connectivity index (χ1v) is 9.66. The number of pyridine rings is 1. The van der Waals surface area contributed by atoms with E-state index in [2.05, 4.69) is 9.98 Å². The quantitative estimate of drug-likeness (QED) is 0.771. The molecule has 0 saturated carbocycles. The number of guanidine groups is 1. The molecule has 0 aliphatic carbocycles. The van der Waals surface area contributed by atoms with E-state index in [1.165, 1.54) is 23.4 Å². The molecule has 5 rings (SSSR count). The van der Waals surface area contributed by atoms with Crippen LogP contribution >= 0.6 is 11.6 Å². The van der Waals surface area contributed by atoms with Gasteiger partial charge in [-0.15, -0.1) is 0 Å². The summed E-state index contributed by atoms with van der Waals surface area (Å²) in [6.07, 6.45) is 3.38. The molecule has 1 saturated heterocycles. The number of amides is 1. The van der Waals surface area contributed by atoms with Crippen LogP contribution in [0.4, 0.5) is 4.39 Å². The van der Waals surface area contributed by atoms with Gasteiger partial charge in [0.05, 0.1) is 5.02 Å². The third-order valence-electron chi connectivity index (χ3n) is 5.72. The zero-order valence-corrected chi connectivity index (χ0v) is 16.3. The molecule has 2 N–H and O–H groups in total. The molecule has 3 atom stereocenters. The summed E-state index contributed by atoms with van der Waals surface area (Å²) in [5.74, 6) is -0.466. The fraction of sp³-hybridized carbons (Fsp3) is 0.350. The van der Waals surface area contributed by atoms with Crippen molar-refractivity contribution in [3.8, 4) is 16.9 Å². The van der Waals surface area contributed by atoms with E-state index in [0.29, 0.717) is 29.2 Å². The zero-order valence-electron chi connectivity index (χ0n) is 15.6. The van der Waals surface area contributed by atoms with Gasteiger partial charge in [0.15, 0.2) is 5.96 Å². The molecule has 7 nitrogen and oxygen atoms in total. The summed E-state index contributed by atoms with van der Waals surface area (Å²) in [7, 11) is 1.56. The van der Waals surface area contributed by atoms with Crippen molar-refractivity contribution in [2.24, 2.45) is 10.7 Å². The first-order chi connectivity index (χ1) is 13.9. The van der Waals surface area contributed by atoms with Gasteiger partial charge in [-0.3, -0.25) is 14.7 Å². The minimum Gasteiger partial charge on any atom is -0.487 e. The van der Waals surface area contributed by atoms with Crippen molar-refractivity contribution in [3.63, 3.8) is 0 Å². The number of fused-ring (bicyclic) bond motifs is 4. The minimum absolute atomic E-state index is 0.0890. The predicted octanol–water partition coefficient (Wildman–Crippen LogP) is 2.46. The Bertz CT molecular complexity index is 1060. The summed E-state index contributed by atoms with van der Waals surface area (Å²) >= 11 is 6.03. The summed E-state index contributed by atoms with van der Waals surface area (Å²) in [5.41, 5.74) is 5.75. The molecular weight excluding hydrogens is 399 g/mol. The Balaban J connectivity index is 1.76. The Morgan fingerprint density at radius 2 is 2.17 bits per heavy atom. The van der Waals surface area contributed by atoms with Gasteiger partial charge in [-0.05, 0) is 25.0 Å². The van der Waals surface area contributed by atoms with E-state index in [9.17, 15) is 4.79 Å². The lowest BCUT2D eigenvalue weighted by Gasteiger charge is -2.45. The van der Waals surface area contributed by atoms with Crippen LogP contribution in [0.3, 0.4) is 0 Å². The molecule has 1 spiro atoms. The second-order valence-corrected chi connectivity index (χ2v) is 7.85. The third kappa shape index (κ3) is 2.55. The van der Waals surface area contributed by atoms with Crippen molar-refractivity contribution in [2.75, 3.05) is 13.7 Å². The zero-order chi connectivity index (χ0) is 20.3. The van der Waals surface area contributed by atoms with Crippen LogP contribution in [0.2, 0.25) is 5.02 Å². The maximum absolute atomic E-state index is 15.0. The van der Waals surface area contributed by atoms with Crippen molar-refractivity contribution in [2.45, 2.75) is 30.6 Å². The molecule has 0 radical (unpaired) electrons. The molecule has 1 amide bonds. The summed E-state index contributed by atoms with van der Waals surface area (Å²) in [6, 6.07) is 4.46. The predicted molar refractivity (Wildman–Crippen MR) is 104 cm³/mol. The first kappa shape index (κ1) is 18.3. The molecule has 1 aromatic carbocycles. The molecule has 3 aliphatic rings. The largest absolute Gasteiger partial charge is 0.487 e. The molecule has 9 heteroatoms. The summed E-state index contributed by atoms with van der Waals surface area (Å²) in [4.78, 5) is 23.2. The number of hydrogen-bond donors (Lipinski definition) is 1. The van der Waals surface area contributed by atoms with E-state index in [-0.39, 0.29) is 23.2 Å². The highest BCUT2D eigenvalue weighted by Crippen LogP contribution is 2.50. The third-order valence-corrected chi connectivity index (χ3v) is 5.93. The highest BCUT2D eigenvalue weighted by Gasteiger charge is 2.61. The van der Waals surface area contributed by atoms with Crippen LogP contribution in [0.1, 0.15) is 18.4 Å². The number of ether oxygens (including phenoxy) is 2. The maximum Gasteiger partial charge on any atom is 0.264 e.